The van der Waals surface area contributed by atoms with Crippen LogP contribution in [-0.2, 0) is 14.2 Å². The van der Waals surface area contributed by atoms with Crippen molar-refractivity contribution in [3.05, 3.63) is 36.5 Å². The molecule has 0 rings (SSSR count). The second kappa shape index (κ2) is 40.4. The summed E-state index contributed by atoms with van der Waals surface area (Å²) in [5, 5.41) is 13.7. The first-order chi connectivity index (χ1) is 23.7. The number of hydrogen-bond donors (Lipinski definition) is 2. The van der Waals surface area contributed by atoms with E-state index in [9.17, 15) is 5.11 Å². The Morgan fingerprint density at radius 2 is 0.812 bits per heavy atom. The summed E-state index contributed by atoms with van der Waals surface area (Å²) in [5.41, 5.74) is 0. The smallest absolute Gasteiger partial charge is 0.154 e. The van der Waals surface area contributed by atoms with Crippen molar-refractivity contribution in [2.45, 2.75) is 206 Å². The zero-order chi connectivity index (χ0) is 35.0. The summed E-state index contributed by atoms with van der Waals surface area (Å²) in [6.45, 7) is 9.53. The van der Waals surface area contributed by atoms with Crippen LogP contribution in [0.15, 0.2) is 36.5 Å². The predicted octanol–water partition coefficient (Wildman–Crippen LogP) is 12.2. The van der Waals surface area contributed by atoms with Crippen LogP contribution < -0.4 is 5.32 Å². The third-order valence-corrected chi connectivity index (χ3v) is 9.07. The Morgan fingerprint density at radius 3 is 1.25 bits per heavy atom. The van der Waals surface area contributed by atoms with E-state index in [-0.39, 0.29) is 12.2 Å². The highest BCUT2D eigenvalue weighted by Gasteiger charge is 2.14. The Labute approximate surface area is 300 Å². The summed E-state index contributed by atoms with van der Waals surface area (Å²) in [7, 11) is 1.98. The molecule has 0 bridgehead atoms. The molecule has 0 aromatic carbocycles. The molecular formula is C43H83NO4. The summed E-state index contributed by atoms with van der Waals surface area (Å²) in [6.07, 6.45) is 44.2. The zero-order valence-corrected chi connectivity index (χ0v) is 32.6. The van der Waals surface area contributed by atoms with Crippen molar-refractivity contribution in [1.82, 2.24) is 5.32 Å². The molecule has 0 spiro atoms. The first-order valence-corrected chi connectivity index (χ1v) is 20.8. The van der Waals surface area contributed by atoms with Crippen LogP contribution in [0.3, 0.4) is 0 Å². The summed E-state index contributed by atoms with van der Waals surface area (Å²) in [6, 6.07) is 0. The molecule has 284 valence electrons. The van der Waals surface area contributed by atoms with Gasteiger partial charge in [-0.05, 0) is 103 Å². The second-order valence-corrected chi connectivity index (χ2v) is 13.7. The Hall–Kier alpha value is -0.980. The zero-order valence-electron chi connectivity index (χ0n) is 32.6. The molecule has 0 aliphatic heterocycles. The average molecular weight is 678 g/mol. The standard InChI is InChI=1S/C43H83NO4/c1-5-8-11-14-17-20-23-26-29-32-41(36-39-48-43(45)34-31-28-25-22-19-16-13-10-7-3)46-38-35-42(47-40-37-44-4)33-30-27-24-21-18-15-12-9-6-2/h8-13,41-45H,5-7,14-40H2,1-4H3/b11-8+,12-9+,13-10+. The Morgan fingerprint density at radius 1 is 0.438 bits per heavy atom. The molecule has 2 N–H and O–H groups in total. The fraction of sp³-hybridized carbons (Fsp3) is 0.860. The van der Waals surface area contributed by atoms with Gasteiger partial charge in [-0.15, -0.1) is 0 Å². The number of aliphatic hydroxyl groups excluding tert-OH is 1. The number of likely N-dealkylation sites (N-methyl/N-ethyl adjacent to an activating group) is 1. The molecule has 0 aliphatic rings. The number of unbranched alkanes of at least 4 members (excludes halogenated alkanes) is 15. The van der Waals surface area contributed by atoms with Gasteiger partial charge in [0.15, 0.2) is 6.29 Å². The maximum atomic E-state index is 10.4. The van der Waals surface area contributed by atoms with Crippen LogP contribution in [-0.4, -0.2) is 57.0 Å². The van der Waals surface area contributed by atoms with E-state index >= 15 is 0 Å². The molecule has 48 heavy (non-hydrogen) atoms. The van der Waals surface area contributed by atoms with Crippen molar-refractivity contribution in [3.8, 4) is 0 Å². The van der Waals surface area contributed by atoms with Crippen molar-refractivity contribution in [2.75, 3.05) is 33.4 Å². The Kier molecular flexibility index (Phi) is 39.6. The van der Waals surface area contributed by atoms with Gasteiger partial charge in [0.1, 0.15) is 0 Å². The molecule has 0 saturated heterocycles. The van der Waals surface area contributed by atoms with Gasteiger partial charge in [0.05, 0.1) is 25.4 Å². The lowest BCUT2D eigenvalue weighted by Crippen LogP contribution is -2.24. The summed E-state index contributed by atoms with van der Waals surface area (Å²) >= 11 is 0. The van der Waals surface area contributed by atoms with Gasteiger partial charge in [-0.3, -0.25) is 0 Å². The van der Waals surface area contributed by atoms with E-state index in [0.717, 1.165) is 77.5 Å². The van der Waals surface area contributed by atoms with Gasteiger partial charge in [-0.2, -0.15) is 0 Å². The summed E-state index contributed by atoms with van der Waals surface area (Å²) < 4.78 is 18.6. The highest BCUT2D eigenvalue weighted by Crippen LogP contribution is 2.18. The van der Waals surface area contributed by atoms with Crippen LogP contribution in [0.2, 0.25) is 0 Å². The molecule has 0 radical (unpaired) electrons. The monoisotopic (exact) mass is 678 g/mol. The van der Waals surface area contributed by atoms with Crippen LogP contribution in [0, 0.1) is 0 Å². The molecule has 0 heterocycles. The Balaban J connectivity index is 4.54. The van der Waals surface area contributed by atoms with Crippen LogP contribution in [0.25, 0.3) is 0 Å². The van der Waals surface area contributed by atoms with Gasteiger partial charge in [-0.25, -0.2) is 0 Å². The number of hydrogen-bond acceptors (Lipinski definition) is 5. The van der Waals surface area contributed by atoms with Gasteiger partial charge in [-0.1, -0.05) is 128 Å². The van der Waals surface area contributed by atoms with Crippen LogP contribution in [0.1, 0.15) is 188 Å². The molecule has 3 atom stereocenters. The highest BCUT2D eigenvalue weighted by atomic mass is 16.6. The lowest BCUT2D eigenvalue weighted by molar-refractivity contribution is -0.113. The van der Waals surface area contributed by atoms with Crippen molar-refractivity contribution in [1.29, 1.82) is 0 Å². The maximum Gasteiger partial charge on any atom is 0.154 e. The molecule has 0 saturated carbocycles. The number of nitrogens with one attached hydrogen (secondary N) is 1. The van der Waals surface area contributed by atoms with E-state index in [1.807, 2.05) is 7.05 Å². The number of ether oxygens (including phenoxy) is 3. The molecule has 0 aliphatic carbocycles. The number of rotatable bonds is 39. The number of allylic oxidation sites excluding steroid dienone is 6. The Bertz CT molecular complexity index is 694. The normalized spacial score (nSPS) is 14.2. The van der Waals surface area contributed by atoms with Crippen molar-refractivity contribution >= 4 is 0 Å². The van der Waals surface area contributed by atoms with Gasteiger partial charge in [0.25, 0.3) is 0 Å². The van der Waals surface area contributed by atoms with Gasteiger partial charge in [0, 0.05) is 13.2 Å². The fourth-order valence-electron chi connectivity index (χ4n) is 6.03. The molecule has 5 nitrogen and oxygen atoms in total. The SMILES string of the molecule is CC/C=C/CCCCCCCC(O)OCCC(CCCCCCC/C=C/CC)OCCC(CCCCCCC/C=C/CC)OCCNC. The molecular weight excluding hydrogens is 594 g/mol. The van der Waals surface area contributed by atoms with E-state index in [0.29, 0.717) is 6.61 Å². The number of aliphatic hydroxyl groups is 1. The third-order valence-electron chi connectivity index (χ3n) is 9.07. The fourth-order valence-corrected chi connectivity index (χ4v) is 6.03. The predicted molar refractivity (Wildman–Crippen MR) is 210 cm³/mol. The molecule has 0 aromatic heterocycles. The molecule has 0 fully saturated rings. The molecule has 0 aromatic rings. The minimum Gasteiger partial charge on any atom is -0.378 e. The summed E-state index contributed by atoms with van der Waals surface area (Å²) in [5.74, 6) is 0. The van der Waals surface area contributed by atoms with Gasteiger partial charge >= 0.3 is 0 Å². The summed E-state index contributed by atoms with van der Waals surface area (Å²) in [4.78, 5) is 0. The lowest BCUT2D eigenvalue weighted by Gasteiger charge is -2.22. The van der Waals surface area contributed by atoms with Gasteiger partial charge < -0.3 is 24.6 Å². The first kappa shape index (κ1) is 47.0. The average Bonchev–Trinajstić information content (AvgIpc) is 3.09. The second-order valence-electron chi connectivity index (χ2n) is 13.7. The molecule has 0 amide bonds. The largest absolute Gasteiger partial charge is 0.378 e. The first-order valence-electron chi connectivity index (χ1n) is 20.8. The molecule has 5 heteroatoms. The lowest BCUT2D eigenvalue weighted by atomic mass is 10.0. The van der Waals surface area contributed by atoms with E-state index in [1.54, 1.807) is 0 Å². The van der Waals surface area contributed by atoms with Crippen molar-refractivity contribution in [2.24, 2.45) is 0 Å². The van der Waals surface area contributed by atoms with E-state index in [1.165, 1.54) is 109 Å². The third kappa shape index (κ3) is 36.3. The van der Waals surface area contributed by atoms with Crippen molar-refractivity contribution in [3.63, 3.8) is 0 Å². The quantitative estimate of drug-likeness (QED) is 0.0385. The van der Waals surface area contributed by atoms with Crippen LogP contribution in [0.4, 0.5) is 0 Å². The van der Waals surface area contributed by atoms with E-state index in [4.69, 9.17) is 14.2 Å². The van der Waals surface area contributed by atoms with E-state index < -0.39 is 6.29 Å². The minimum absolute atomic E-state index is 0.186. The maximum absolute atomic E-state index is 10.4. The minimum atomic E-state index is -0.655. The van der Waals surface area contributed by atoms with Crippen LogP contribution in [0.5, 0.6) is 0 Å². The molecule has 3 unspecified atom stereocenters. The van der Waals surface area contributed by atoms with Crippen LogP contribution >= 0.6 is 0 Å². The van der Waals surface area contributed by atoms with Crippen molar-refractivity contribution < 1.29 is 19.3 Å². The van der Waals surface area contributed by atoms with Gasteiger partial charge in [0.2, 0.25) is 0 Å². The highest BCUT2D eigenvalue weighted by molar-refractivity contribution is 4.81. The van der Waals surface area contributed by atoms with E-state index in [2.05, 4.69) is 62.5 Å². The topological polar surface area (TPSA) is 60.0 Å².